The van der Waals surface area contributed by atoms with E-state index in [9.17, 15) is 23.5 Å². The Bertz CT molecular complexity index is 1530. The Kier molecular flexibility index (Phi) is 7.63. The molecule has 1 saturated heterocycles. The van der Waals surface area contributed by atoms with Crippen molar-refractivity contribution in [3.63, 3.8) is 0 Å². The maximum atomic E-state index is 14.5. The van der Waals surface area contributed by atoms with Crippen molar-refractivity contribution in [2.45, 2.75) is 32.0 Å². The molecule has 0 unspecified atom stereocenters. The highest BCUT2D eigenvalue weighted by Gasteiger charge is 2.34. The van der Waals surface area contributed by atoms with Gasteiger partial charge in [-0.25, -0.2) is 13.6 Å². The van der Waals surface area contributed by atoms with E-state index in [0.29, 0.717) is 47.5 Å². The summed E-state index contributed by atoms with van der Waals surface area (Å²) in [7, 11) is 3.86. The van der Waals surface area contributed by atoms with Crippen LogP contribution in [0.3, 0.4) is 0 Å². The first-order valence-corrected chi connectivity index (χ1v) is 13.4. The third-order valence-electron chi connectivity index (χ3n) is 6.76. The van der Waals surface area contributed by atoms with Crippen LogP contribution in [0.15, 0.2) is 60.7 Å². The molecule has 0 bridgehead atoms. The minimum atomic E-state index is -0.985. The second-order valence-electron chi connectivity index (χ2n) is 9.92. The molecule has 1 fully saturated rings. The maximum Gasteiger partial charge on any atom is 0.326 e. The molecular weight excluding hydrogens is 522 g/mol. The van der Waals surface area contributed by atoms with E-state index in [2.05, 4.69) is 0 Å². The Balaban J connectivity index is 1.31. The van der Waals surface area contributed by atoms with Gasteiger partial charge in [-0.1, -0.05) is 24.3 Å². The van der Waals surface area contributed by atoms with Gasteiger partial charge in [-0.05, 0) is 74.5 Å². The number of ether oxygens (including phenoxy) is 1. The quantitative estimate of drug-likeness (QED) is 0.284. The zero-order chi connectivity index (χ0) is 27.7. The number of fused-ring (bicyclic) bond motifs is 1. The van der Waals surface area contributed by atoms with E-state index in [1.165, 1.54) is 22.3 Å². The van der Waals surface area contributed by atoms with E-state index in [4.69, 9.17) is 4.74 Å². The Morgan fingerprint density at radius 3 is 2.59 bits per heavy atom. The fourth-order valence-electron chi connectivity index (χ4n) is 4.92. The van der Waals surface area contributed by atoms with Crippen LogP contribution in [0.5, 0.6) is 5.75 Å². The number of hydrogen-bond donors (Lipinski definition) is 1. The summed E-state index contributed by atoms with van der Waals surface area (Å²) in [6, 6.07) is 16.3. The van der Waals surface area contributed by atoms with Crippen molar-refractivity contribution < 1.29 is 28.2 Å². The number of halogens is 2. The average molecular weight is 551 g/mol. The van der Waals surface area contributed by atoms with Crippen molar-refractivity contribution in [3.8, 4) is 16.9 Å². The summed E-state index contributed by atoms with van der Waals surface area (Å²) in [6.45, 7) is 1.27. The summed E-state index contributed by atoms with van der Waals surface area (Å²) in [6.07, 6.45) is 1.13. The van der Waals surface area contributed by atoms with Crippen LogP contribution >= 0.6 is 11.3 Å². The number of amides is 1. The van der Waals surface area contributed by atoms with Gasteiger partial charge in [0.1, 0.15) is 18.4 Å². The topological polar surface area (TPSA) is 70.1 Å². The van der Waals surface area contributed by atoms with Crippen LogP contribution < -0.4 is 4.74 Å². The predicted octanol–water partition coefficient (Wildman–Crippen LogP) is 6.18. The SMILES string of the molecule is CN(C)Cc1cc2c(F)c(F)cc(-c3ccc(OCc4cccc(C(=O)N5CCC[C@H]5C(=O)O)c4)cc3)c2s1. The number of carboxylic acid groups (broad SMARTS) is 1. The number of carboxylic acids is 1. The minimum Gasteiger partial charge on any atom is -0.489 e. The highest BCUT2D eigenvalue weighted by molar-refractivity contribution is 7.19. The lowest BCUT2D eigenvalue weighted by atomic mass is 10.0. The summed E-state index contributed by atoms with van der Waals surface area (Å²) in [4.78, 5) is 28.7. The molecular formula is C30H28F2N2O4S. The number of aliphatic carboxylic acids is 1. The maximum absolute atomic E-state index is 14.5. The summed E-state index contributed by atoms with van der Waals surface area (Å²) >= 11 is 1.45. The lowest BCUT2D eigenvalue weighted by molar-refractivity contribution is -0.141. The van der Waals surface area contributed by atoms with Crippen molar-refractivity contribution in [1.29, 1.82) is 0 Å². The summed E-state index contributed by atoms with van der Waals surface area (Å²) in [5.74, 6) is -2.42. The van der Waals surface area contributed by atoms with Crippen LogP contribution in [0.2, 0.25) is 0 Å². The van der Waals surface area contributed by atoms with Gasteiger partial charge in [0.2, 0.25) is 0 Å². The van der Waals surface area contributed by atoms with Gasteiger partial charge in [-0.2, -0.15) is 0 Å². The lowest BCUT2D eigenvalue weighted by Gasteiger charge is -2.21. The third kappa shape index (κ3) is 5.65. The first kappa shape index (κ1) is 26.8. The number of rotatable bonds is 8. The number of carbonyl (C=O) groups excluding carboxylic acids is 1. The molecule has 39 heavy (non-hydrogen) atoms. The van der Waals surface area contributed by atoms with E-state index in [0.717, 1.165) is 16.0 Å². The van der Waals surface area contributed by atoms with Crippen molar-refractivity contribution in [2.75, 3.05) is 20.6 Å². The first-order valence-electron chi connectivity index (χ1n) is 12.6. The zero-order valence-electron chi connectivity index (χ0n) is 21.6. The lowest BCUT2D eigenvalue weighted by Crippen LogP contribution is -2.40. The first-order chi connectivity index (χ1) is 18.7. The molecule has 1 aliphatic heterocycles. The van der Waals surface area contributed by atoms with Gasteiger partial charge in [-0.3, -0.25) is 4.79 Å². The Morgan fingerprint density at radius 2 is 1.87 bits per heavy atom. The largest absolute Gasteiger partial charge is 0.489 e. The van der Waals surface area contributed by atoms with E-state index < -0.39 is 23.6 Å². The number of benzene rings is 3. The van der Waals surface area contributed by atoms with Crippen LogP contribution in [-0.4, -0.2) is 53.5 Å². The second kappa shape index (κ2) is 11.1. The Labute approximate surface area is 229 Å². The number of carbonyl (C=O) groups is 2. The van der Waals surface area contributed by atoms with Crippen LogP contribution in [0.25, 0.3) is 21.2 Å². The van der Waals surface area contributed by atoms with Gasteiger partial charge in [0, 0.05) is 39.2 Å². The number of hydrogen-bond acceptors (Lipinski definition) is 5. The molecule has 1 aliphatic rings. The van der Waals surface area contributed by atoms with Gasteiger partial charge in [0.05, 0.1) is 0 Å². The summed E-state index contributed by atoms with van der Waals surface area (Å²) in [5, 5.41) is 9.68. The molecule has 5 rings (SSSR count). The molecule has 1 amide bonds. The average Bonchev–Trinajstić information content (AvgIpc) is 3.57. The van der Waals surface area contributed by atoms with Crippen molar-refractivity contribution >= 4 is 33.3 Å². The van der Waals surface area contributed by atoms with E-state index in [-0.39, 0.29) is 17.9 Å². The van der Waals surface area contributed by atoms with Gasteiger partial charge < -0.3 is 19.6 Å². The summed E-state index contributed by atoms with van der Waals surface area (Å²) < 4.78 is 35.6. The van der Waals surface area contributed by atoms with Crippen LogP contribution in [-0.2, 0) is 17.9 Å². The van der Waals surface area contributed by atoms with E-state index >= 15 is 0 Å². The fraction of sp³-hybridized carbons (Fsp3) is 0.267. The Hall–Kier alpha value is -3.82. The van der Waals surface area contributed by atoms with E-state index in [1.54, 1.807) is 36.4 Å². The van der Waals surface area contributed by atoms with Crippen molar-refractivity contribution in [3.05, 3.63) is 88.3 Å². The Morgan fingerprint density at radius 1 is 1.10 bits per heavy atom. The van der Waals surface area contributed by atoms with E-state index in [1.807, 2.05) is 37.2 Å². The standard InChI is InChI=1S/C30H28F2N2O4S/c1-33(2)16-22-14-24-27(32)25(31)15-23(28(24)39-22)19-8-10-21(11-9-19)38-17-18-5-3-6-20(13-18)29(35)34-12-4-7-26(34)30(36)37/h3,5-6,8-11,13-15,26H,4,7,12,16-17H2,1-2H3,(H,36,37)/t26-/m0/s1. The van der Waals surface area contributed by atoms with Gasteiger partial charge in [0.25, 0.3) is 5.91 Å². The highest BCUT2D eigenvalue weighted by atomic mass is 32.1. The minimum absolute atomic E-state index is 0.205. The molecule has 202 valence electrons. The fourth-order valence-corrected chi connectivity index (χ4v) is 6.22. The number of nitrogens with zero attached hydrogens (tertiary/aromatic N) is 2. The third-order valence-corrected chi connectivity index (χ3v) is 7.91. The molecule has 1 atom stereocenters. The number of thiophene rings is 1. The summed E-state index contributed by atoms with van der Waals surface area (Å²) in [5.41, 5.74) is 2.56. The molecule has 1 aromatic heterocycles. The van der Waals surface area contributed by atoms with Crippen molar-refractivity contribution in [2.24, 2.45) is 0 Å². The molecule has 3 aromatic carbocycles. The predicted molar refractivity (Wildman–Crippen MR) is 147 cm³/mol. The van der Waals surface area contributed by atoms with Gasteiger partial charge in [0.15, 0.2) is 11.6 Å². The molecule has 9 heteroatoms. The molecule has 0 spiro atoms. The smallest absolute Gasteiger partial charge is 0.326 e. The molecule has 2 heterocycles. The van der Waals surface area contributed by atoms with Gasteiger partial charge >= 0.3 is 5.97 Å². The highest BCUT2D eigenvalue weighted by Crippen LogP contribution is 2.38. The van der Waals surface area contributed by atoms with Crippen molar-refractivity contribution in [1.82, 2.24) is 9.80 Å². The zero-order valence-corrected chi connectivity index (χ0v) is 22.4. The molecule has 1 N–H and O–H groups in total. The molecule has 4 aromatic rings. The van der Waals surface area contributed by atoms with Gasteiger partial charge in [-0.15, -0.1) is 11.3 Å². The van der Waals surface area contributed by atoms with Crippen LogP contribution in [0, 0.1) is 11.6 Å². The van der Waals surface area contributed by atoms with Crippen LogP contribution in [0.1, 0.15) is 33.6 Å². The molecule has 0 saturated carbocycles. The molecule has 0 aliphatic carbocycles. The molecule has 6 nitrogen and oxygen atoms in total. The monoisotopic (exact) mass is 550 g/mol. The number of likely N-dealkylation sites (tertiary alicyclic amines) is 1. The second-order valence-corrected chi connectivity index (χ2v) is 11.1. The van der Waals surface area contributed by atoms with Crippen LogP contribution in [0.4, 0.5) is 8.78 Å². The molecule has 0 radical (unpaired) electrons. The normalized spacial score (nSPS) is 15.3.